The molecule has 32 heavy (non-hydrogen) atoms. The van der Waals surface area contributed by atoms with Gasteiger partial charge in [-0.2, -0.15) is 4.68 Å². The molecule has 166 valence electrons. The molecule has 1 amide bonds. The van der Waals surface area contributed by atoms with Gasteiger partial charge in [0.25, 0.3) is 0 Å². The van der Waals surface area contributed by atoms with Crippen molar-refractivity contribution in [3.05, 3.63) is 68.8 Å². The van der Waals surface area contributed by atoms with Crippen LogP contribution < -0.4 is 20.5 Å². The van der Waals surface area contributed by atoms with Crippen LogP contribution in [0.25, 0.3) is 0 Å². The second kappa shape index (κ2) is 8.99. The van der Waals surface area contributed by atoms with Gasteiger partial charge in [-0.25, -0.2) is 0 Å². The number of primary amides is 1. The van der Waals surface area contributed by atoms with Gasteiger partial charge in [0, 0.05) is 5.70 Å². The van der Waals surface area contributed by atoms with Gasteiger partial charge in [-0.3, -0.25) is 4.79 Å². The summed E-state index contributed by atoms with van der Waals surface area (Å²) in [5.74, 6) is 0.979. The Hall–Kier alpha value is -3.40. The maximum Gasteiger partial charge on any atom is 0.248 e. The third kappa shape index (κ3) is 4.05. The predicted octanol–water partition coefficient (Wildman–Crippen LogP) is 3.50. The van der Waals surface area contributed by atoms with Crippen LogP contribution in [0, 0.1) is 6.92 Å². The first-order valence-corrected chi connectivity index (χ1v) is 10.9. The zero-order valence-electron chi connectivity index (χ0n) is 17.9. The number of aryl methyl sites for hydroxylation is 1. The summed E-state index contributed by atoms with van der Waals surface area (Å²) in [6.07, 6.45) is 0. The fourth-order valence-electron chi connectivity index (χ4n) is 3.71. The smallest absolute Gasteiger partial charge is 0.248 e. The zero-order valence-corrected chi connectivity index (χ0v) is 19.5. The SMILES string of the molecule is CCOc1cc(C2C(C(N)=O)=C(C)Nc3nnnn32)cc(Br)c1OCc1ccccc1C. The van der Waals surface area contributed by atoms with Gasteiger partial charge in [0.2, 0.25) is 11.9 Å². The summed E-state index contributed by atoms with van der Waals surface area (Å²) in [6.45, 7) is 6.54. The van der Waals surface area contributed by atoms with Crippen LogP contribution >= 0.6 is 15.9 Å². The number of allylic oxidation sites excluding steroid dienone is 1. The van der Waals surface area contributed by atoms with Gasteiger partial charge >= 0.3 is 0 Å². The number of rotatable bonds is 7. The molecule has 0 bridgehead atoms. The van der Waals surface area contributed by atoms with Crippen LogP contribution in [0.5, 0.6) is 11.5 Å². The molecule has 0 radical (unpaired) electrons. The Morgan fingerprint density at radius 2 is 2.03 bits per heavy atom. The minimum atomic E-state index is -0.611. The minimum absolute atomic E-state index is 0.368. The van der Waals surface area contributed by atoms with E-state index < -0.39 is 11.9 Å². The van der Waals surface area contributed by atoms with Gasteiger partial charge in [0.1, 0.15) is 12.6 Å². The summed E-state index contributed by atoms with van der Waals surface area (Å²) in [7, 11) is 0. The quantitative estimate of drug-likeness (QED) is 0.511. The monoisotopic (exact) mass is 498 g/mol. The van der Waals surface area contributed by atoms with E-state index in [4.69, 9.17) is 15.2 Å². The summed E-state index contributed by atoms with van der Waals surface area (Å²) in [5, 5.41) is 14.8. The largest absolute Gasteiger partial charge is 0.490 e. The molecule has 1 atom stereocenters. The molecule has 0 aliphatic carbocycles. The highest BCUT2D eigenvalue weighted by Gasteiger charge is 2.34. The molecule has 1 aliphatic heterocycles. The molecule has 9 nitrogen and oxygen atoms in total. The second-order valence-electron chi connectivity index (χ2n) is 7.36. The third-order valence-corrected chi connectivity index (χ3v) is 5.85. The number of nitrogens with zero attached hydrogens (tertiary/aromatic N) is 4. The van der Waals surface area contributed by atoms with Crippen molar-refractivity contribution in [3.8, 4) is 11.5 Å². The normalized spacial score (nSPS) is 15.2. The van der Waals surface area contributed by atoms with Gasteiger partial charge < -0.3 is 20.5 Å². The van der Waals surface area contributed by atoms with E-state index in [9.17, 15) is 4.79 Å². The van der Waals surface area contributed by atoms with Crippen LogP contribution in [0.1, 0.15) is 36.6 Å². The number of carbonyl (C=O) groups is 1. The average molecular weight is 499 g/mol. The van der Waals surface area contributed by atoms with Crippen LogP contribution in [0.4, 0.5) is 5.95 Å². The van der Waals surface area contributed by atoms with Crippen LogP contribution in [0.3, 0.4) is 0 Å². The summed E-state index contributed by atoms with van der Waals surface area (Å²) in [6, 6.07) is 11.1. The lowest BCUT2D eigenvalue weighted by Gasteiger charge is -2.27. The van der Waals surface area contributed by atoms with Gasteiger partial charge in [0.15, 0.2) is 11.5 Å². The van der Waals surface area contributed by atoms with Crippen molar-refractivity contribution >= 4 is 27.8 Å². The van der Waals surface area contributed by atoms with Crippen LogP contribution in [0.15, 0.2) is 52.1 Å². The van der Waals surface area contributed by atoms with E-state index in [2.05, 4.69) is 36.8 Å². The van der Waals surface area contributed by atoms with Gasteiger partial charge in [-0.05, 0) is 76.0 Å². The molecule has 3 N–H and O–H groups in total. The third-order valence-electron chi connectivity index (χ3n) is 5.26. The molecular formula is C22H23BrN6O3. The molecule has 0 fully saturated rings. The Morgan fingerprint density at radius 1 is 1.25 bits per heavy atom. The van der Waals surface area contributed by atoms with Crippen molar-refractivity contribution in [1.29, 1.82) is 0 Å². The number of benzene rings is 2. The Morgan fingerprint density at radius 3 is 2.75 bits per heavy atom. The van der Waals surface area contributed by atoms with Crippen LogP contribution in [-0.2, 0) is 11.4 Å². The number of amides is 1. The number of hydrogen-bond donors (Lipinski definition) is 2. The van der Waals surface area contributed by atoms with Crippen molar-refractivity contribution in [1.82, 2.24) is 20.2 Å². The molecule has 3 aromatic rings. The molecule has 0 spiro atoms. The van der Waals surface area contributed by atoms with Crippen molar-refractivity contribution in [2.45, 2.75) is 33.4 Å². The molecule has 2 heterocycles. The number of aromatic nitrogens is 4. The summed E-state index contributed by atoms with van der Waals surface area (Å²) in [5.41, 5.74) is 9.63. The van der Waals surface area contributed by atoms with E-state index >= 15 is 0 Å². The molecule has 4 rings (SSSR count). The van der Waals surface area contributed by atoms with Gasteiger partial charge in [-0.1, -0.05) is 29.4 Å². The molecule has 0 saturated heterocycles. The number of carbonyl (C=O) groups excluding carboxylic acids is 1. The van der Waals surface area contributed by atoms with E-state index in [-0.39, 0.29) is 0 Å². The second-order valence-corrected chi connectivity index (χ2v) is 8.21. The van der Waals surface area contributed by atoms with Crippen LogP contribution in [-0.4, -0.2) is 32.7 Å². The maximum absolute atomic E-state index is 12.3. The number of hydrogen-bond acceptors (Lipinski definition) is 7. The van der Waals surface area contributed by atoms with E-state index in [1.807, 2.05) is 50.2 Å². The summed E-state index contributed by atoms with van der Waals surface area (Å²) in [4.78, 5) is 12.3. The highest BCUT2D eigenvalue weighted by Crippen LogP contribution is 2.42. The summed E-state index contributed by atoms with van der Waals surface area (Å²) >= 11 is 3.62. The van der Waals surface area contributed by atoms with E-state index in [0.717, 1.165) is 16.7 Å². The van der Waals surface area contributed by atoms with Gasteiger partial charge in [0.05, 0.1) is 16.7 Å². The lowest BCUT2D eigenvalue weighted by atomic mass is 9.95. The average Bonchev–Trinajstić information content (AvgIpc) is 3.21. The number of nitrogens with one attached hydrogen (secondary N) is 1. The number of tetrazole rings is 1. The molecular weight excluding hydrogens is 476 g/mol. The fraction of sp³-hybridized carbons (Fsp3) is 0.273. The number of halogens is 1. The Kier molecular flexibility index (Phi) is 6.13. The topological polar surface area (TPSA) is 117 Å². The van der Waals surface area contributed by atoms with Crippen molar-refractivity contribution in [2.75, 3.05) is 11.9 Å². The fourth-order valence-corrected chi connectivity index (χ4v) is 4.28. The Labute approximate surface area is 193 Å². The lowest BCUT2D eigenvalue weighted by molar-refractivity contribution is -0.115. The number of nitrogens with two attached hydrogens (primary N) is 1. The maximum atomic E-state index is 12.3. The predicted molar refractivity (Wildman–Crippen MR) is 122 cm³/mol. The van der Waals surface area contributed by atoms with Crippen molar-refractivity contribution in [3.63, 3.8) is 0 Å². The van der Waals surface area contributed by atoms with Crippen molar-refractivity contribution in [2.24, 2.45) is 5.73 Å². The van der Waals surface area contributed by atoms with Crippen LogP contribution in [0.2, 0.25) is 0 Å². The summed E-state index contributed by atoms with van der Waals surface area (Å²) < 4.78 is 14.2. The highest BCUT2D eigenvalue weighted by molar-refractivity contribution is 9.10. The first kappa shape index (κ1) is 21.8. The van der Waals surface area contributed by atoms with Crippen molar-refractivity contribution < 1.29 is 14.3 Å². The Bertz CT molecular complexity index is 1210. The van der Waals surface area contributed by atoms with Gasteiger partial charge in [-0.15, -0.1) is 0 Å². The highest BCUT2D eigenvalue weighted by atomic mass is 79.9. The lowest BCUT2D eigenvalue weighted by Crippen LogP contribution is -2.32. The molecule has 1 aromatic heterocycles. The molecule has 1 unspecified atom stereocenters. The number of anilines is 1. The minimum Gasteiger partial charge on any atom is -0.490 e. The molecule has 10 heteroatoms. The first-order chi connectivity index (χ1) is 15.4. The van der Waals surface area contributed by atoms with E-state index in [1.165, 1.54) is 4.68 Å². The first-order valence-electron chi connectivity index (χ1n) is 10.1. The molecule has 1 aliphatic rings. The zero-order chi connectivity index (χ0) is 22.8. The number of ether oxygens (including phenoxy) is 2. The Balaban J connectivity index is 1.76. The van der Waals surface area contributed by atoms with E-state index in [0.29, 0.717) is 46.4 Å². The standard InChI is InChI=1S/C22H23BrN6O3/c1-4-31-17-10-15(9-16(23)20(17)32-11-14-8-6-5-7-12(14)2)19-18(21(24)30)13(3)25-22-26-27-28-29(19)22/h5-10,19H,4,11H2,1-3H3,(H2,24,30)(H,25,26,28). The molecule has 0 saturated carbocycles. The molecule has 2 aromatic carbocycles. The van der Waals surface area contributed by atoms with E-state index in [1.54, 1.807) is 6.92 Å². The number of fused-ring (bicyclic) bond motifs is 1.